The highest BCUT2D eigenvalue weighted by atomic mass is 32.2. The number of hydrogen-bond donors (Lipinski definition) is 1. The van der Waals surface area contributed by atoms with Crippen molar-refractivity contribution in [3.8, 4) is 0 Å². The van der Waals surface area contributed by atoms with Crippen molar-refractivity contribution in [1.82, 2.24) is 14.6 Å². The molecule has 0 spiro atoms. The van der Waals surface area contributed by atoms with Gasteiger partial charge in [-0.3, -0.25) is 9.78 Å². The number of pyridine rings is 1. The van der Waals surface area contributed by atoms with E-state index in [-0.39, 0.29) is 23.7 Å². The van der Waals surface area contributed by atoms with Crippen LogP contribution in [0.5, 0.6) is 0 Å². The summed E-state index contributed by atoms with van der Waals surface area (Å²) in [6.07, 6.45) is 6.02. The van der Waals surface area contributed by atoms with Gasteiger partial charge in [-0.1, -0.05) is 6.07 Å². The van der Waals surface area contributed by atoms with Crippen LogP contribution in [0.4, 0.5) is 0 Å². The Morgan fingerprint density at radius 2 is 2.17 bits per heavy atom. The number of carbonyl (C=O) groups excluding carboxylic acids is 1. The summed E-state index contributed by atoms with van der Waals surface area (Å²) in [5, 5.41) is 2.66. The number of nitrogens with zero attached hydrogens (tertiary/aromatic N) is 3. The average molecular weight is 346 g/mol. The second kappa shape index (κ2) is 6.28. The van der Waals surface area contributed by atoms with Gasteiger partial charge in [-0.05, 0) is 29.8 Å². The van der Waals surface area contributed by atoms with Crippen LogP contribution in [0.1, 0.15) is 11.3 Å². The standard InChI is InChI=1S/C15H14N4O4S/c1-19-13(15(20)17-10-11-4-2-6-16-9-11)8-12(18-24(19,21)22)14-5-3-7-23-14/h2-9H,10H2,1H3,(H,17,20). The van der Waals surface area contributed by atoms with Gasteiger partial charge < -0.3 is 9.73 Å². The van der Waals surface area contributed by atoms with Crippen molar-refractivity contribution < 1.29 is 17.6 Å². The third-order valence-electron chi connectivity index (χ3n) is 3.35. The van der Waals surface area contributed by atoms with Crippen LogP contribution in [-0.4, -0.2) is 36.4 Å². The highest BCUT2D eigenvalue weighted by Crippen LogP contribution is 2.19. The largest absolute Gasteiger partial charge is 0.463 e. The molecule has 0 saturated heterocycles. The highest BCUT2D eigenvalue weighted by Gasteiger charge is 2.30. The van der Waals surface area contributed by atoms with Gasteiger partial charge in [0.05, 0.1) is 6.26 Å². The van der Waals surface area contributed by atoms with Gasteiger partial charge in [0.1, 0.15) is 11.4 Å². The molecule has 1 aliphatic rings. The van der Waals surface area contributed by atoms with Crippen LogP contribution in [0.3, 0.4) is 0 Å². The van der Waals surface area contributed by atoms with Gasteiger partial charge in [0, 0.05) is 26.0 Å². The van der Waals surface area contributed by atoms with E-state index in [1.165, 1.54) is 19.4 Å². The third-order valence-corrected chi connectivity index (χ3v) is 4.67. The second-order valence-electron chi connectivity index (χ2n) is 4.97. The summed E-state index contributed by atoms with van der Waals surface area (Å²) < 4.78 is 33.9. The van der Waals surface area contributed by atoms with Crippen LogP contribution in [0.2, 0.25) is 0 Å². The van der Waals surface area contributed by atoms with Crippen molar-refractivity contribution in [3.05, 3.63) is 66.0 Å². The second-order valence-corrected chi connectivity index (χ2v) is 6.60. The van der Waals surface area contributed by atoms with Crippen molar-refractivity contribution in [2.75, 3.05) is 7.05 Å². The molecule has 8 nitrogen and oxygen atoms in total. The predicted molar refractivity (Wildman–Crippen MR) is 86.1 cm³/mol. The van der Waals surface area contributed by atoms with E-state index < -0.39 is 16.1 Å². The molecule has 9 heteroatoms. The van der Waals surface area contributed by atoms with Gasteiger partial charge >= 0.3 is 10.2 Å². The summed E-state index contributed by atoms with van der Waals surface area (Å²) in [7, 11) is -2.72. The molecule has 24 heavy (non-hydrogen) atoms. The van der Waals surface area contributed by atoms with E-state index >= 15 is 0 Å². The van der Waals surface area contributed by atoms with Crippen LogP contribution < -0.4 is 5.32 Å². The van der Waals surface area contributed by atoms with Crippen LogP contribution in [-0.2, 0) is 21.5 Å². The lowest BCUT2D eigenvalue weighted by molar-refractivity contribution is -0.118. The molecule has 0 atom stereocenters. The zero-order valence-electron chi connectivity index (χ0n) is 12.7. The van der Waals surface area contributed by atoms with E-state index in [1.807, 2.05) is 0 Å². The number of carbonyl (C=O) groups is 1. The maximum Gasteiger partial charge on any atom is 0.345 e. The Bertz CT molecular complexity index is 902. The monoisotopic (exact) mass is 346 g/mol. The van der Waals surface area contributed by atoms with Crippen molar-refractivity contribution in [3.63, 3.8) is 0 Å². The Morgan fingerprint density at radius 3 is 2.83 bits per heavy atom. The van der Waals surface area contributed by atoms with Gasteiger partial charge in [0.2, 0.25) is 0 Å². The lowest BCUT2D eigenvalue weighted by Gasteiger charge is -2.23. The zero-order chi connectivity index (χ0) is 17.2. The van der Waals surface area contributed by atoms with Gasteiger partial charge in [-0.15, -0.1) is 4.40 Å². The molecule has 0 aliphatic carbocycles. The molecular formula is C15H14N4O4S. The molecule has 0 bridgehead atoms. The molecule has 3 heterocycles. The van der Waals surface area contributed by atoms with Gasteiger partial charge in [0.25, 0.3) is 5.91 Å². The molecule has 124 valence electrons. The number of hydrogen-bond acceptors (Lipinski definition) is 5. The fourth-order valence-corrected chi connectivity index (χ4v) is 2.98. The van der Waals surface area contributed by atoms with Crippen molar-refractivity contribution >= 4 is 21.8 Å². The summed E-state index contributed by atoms with van der Waals surface area (Å²) in [5.41, 5.74) is 0.831. The van der Waals surface area contributed by atoms with E-state index in [0.29, 0.717) is 0 Å². The number of allylic oxidation sites excluding steroid dienone is 1. The molecule has 0 aromatic carbocycles. The molecule has 1 N–H and O–H groups in total. The maximum atomic E-state index is 12.4. The van der Waals surface area contributed by atoms with Crippen LogP contribution in [0.25, 0.3) is 0 Å². The summed E-state index contributed by atoms with van der Waals surface area (Å²) in [6.45, 7) is 0.227. The molecule has 2 aromatic rings. The maximum absolute atomic E-state index is 12.4. The fraction of sp³-hybridized carbons (Fsp3) is 0.133. The lowest BCUT2D eigenvalue weighted by atomic mass is 10.2. The number of aromatic nitrogens is 1. The molecule has 0 radical (unpaired) electrons. The van der Waals surface area contributed by atoms with E-state index in [2.05, 4.69) is 14.7 Å². The Balaban J connectivity index is 1.85. The number of amides is 1. The predicted octanol–water partition coefficient (Wildman–Crippen LogP) is 0.854. The highest BCUT2D eigenvalue weighted by molar-refractivity contribution is 7.88. The van der Waals surface area contributed by atoms with Crippen LogP contribution in [0.15, 0.2) is 63.5 Å². The molecule has 0 fully saturated rings. The van der Waals surface area contributed by atoms with Gasteiger partial charge in [-0.2, -0.15) is 8.42 Å². The smallest absolute Gasteiger partial charge is 0.345 e. The van der Waals surface area contributed by atoms with E-state index in [1.54, 1.807) is 36.7 Å². The zero-order valence-corrected chi connectivity index (χ0v) is 13.5. The van der Waals surface area contributed by atoms with Crippen molar-refractivity contribution in [2.45, 2.75) is 6.54 Å². The first-order chi connectivity index (χ1) is 11.5. The summed E-state index contributed by atoms with van der Waals surface area (Å²) in [6, 6.07) is 6.73. The normalized spacial score (nSPS) is 16.3. The fourth-order valence-electron chi connectivity index (χ4n) is 2.08. The Kier molecular flexibility index (Phi) is 4.17. The summed E-state index contributed by atoms with van der Waals surface area (Å²) in [4.78, 5) is 16.3. The minimum Gasteiger partial charge on any atom is -0.463 e. The first kappa shape index (κ1) is 15.9. The number of furan rings is 1. The quantitative estimate of drug-likeness (QED) is 0.884. The first-order valence-electron chi connectivity index (χ1n) is 6.99. The van der Waals surface area contributed by atoms with E-state index in [0.717, 1.165) is 9.87 Å². The molecule has 3 rings (SSSR count). The molecule has 1 aliphatic heterocycles. The number of nitrogens with one attached hydrogen (secondary N) is 1. The van der Waals surface area contributed by atoms with Crippen molar-refractivity contribution in [2.24, 2.45) is 4.40 Å². The van der Waals surface area contributed by atoms with E-state index in [4.69, 9.17) is 4.42 Å². The minimum atomic E-state index is -3.99. The number of likely N-dealkylation sites (N-methyl/N-ethyl adjacent to an activating group) is 1. The summed E-state index contributed by atoms with van der Waals surface area (Å²) >= 11 is 0. The third kappa shape index (κ3) is 3.20. The SMILES string of the molecule is CN1C(C(=O)NCc2cccnc2)=CC(c2ccco2)=NS1(=O)=O. The Hall–Kier alpha value is -2.94. The lowest BCUT2D eigenvalue weighted by Crippen LogP contribution is -2.38. The van der Waals surface area contributed by atoms with Gasteiger partial charge in [-0.25, -0.2) is 4.31 Å². The molecule has 2 aromatic heterocycles. The average Bonchev–Trinajstić information content (AvgIpc) is 3.10. The van der Waals surface area contributed by atoms with E-state index in [9.17, 15) is 13.2 Å². The Morgan fingerprint density at radius 1 is 1.33 bits per heavy atom. The minimum absolute atomic E-state index is 0.0414. The molecule has 1 amide bonds. The van der Waals surface area contributed by atoms with Crippen LogP contribution >= 0.6 is 0 Å². The molecule has 0 saturated carbocycles. The van der Waals surface area contributed by atoms with Crippen molar-refractivity contribution in [1.29, 1.82) is 0 Å². The topological polar surface area (TPSA) is 105 Å². The Labute approximate surface area is 138 Å². The van der Waals surface area contributed by atoms with Gasteiger partial charge in [0.15, 0.2) is 5.76 Å². The summed E-state index contributed by atoms with van der Waals surface area (Å²) in [5.74, 6) is -0.270. The molecule has 0 unspecified atom stereocenters. The van der Waals surface area contributed by atoms with Crippen LogP contribution in [0, 0.1) is 0 Å². The number of rotatable bonds is 4. The first-order valence-corrected chi connectivity index (χ1v) is 8.38. The molecular weight excluding hydrogens is 332 g/mol.